The standard InChI is InChI=1S/C13H11ClO2/c1-16-13-7-6-9(8-11(13)14)10-4-2-3-5-12(10)15/h2-8,15H,1H3. The molecule has 0 saturated carbocycles. The maximum atomic E-state index is 9.71. The Bertz CT molecular complexity index is 509. The Morgan fingerprint density at radius 2 is 1.88 bits per heavy atom. The SMILES string of the molecule is COc1ccc(-c2ccccc2O)cc1Cl. The van der Waals surface area contributed by atoms with E-state index in [4.69, 9.17) is 16.3 Å². The second-order valence-corrected chi connectivity index (χ2v) is 3.77. The Kier molecular flexibility index (Phi) is 3.02. The number of hydrogen-bond donors (Lipinski definition) is 1. The first-order valence-electron chi connectivity index (χ1n) is 4.84. The predicted molar refractivity (Wildman–Crippen MR) is 65.1 cm³/mol. The molecule has 0 bridgehead atoms. The molecule has 2 aromatic carbocycles. The molecule has 0 aliphatic carbocycles. The van der Waals surface area contributed by atoms with Gasteiger partial charge in [0, 0.05) is 5.56 Å². The lowest BCUT2D eigenvalue weighted by Gasteiger charge is -2.07. The smallest absolute Gasteiger partial charge is 0.137 e. The Labute approximate surface area is 99.1 Å². The molecule has 0 unspecified atom stereocenters. The molecule has 0 amide bonds. The number of benzene rings is 2. The summed E-state index contributed by atoms with van der Waals surface area (Å²) in [7, 11) is 1.57. The molecule has 0 spiro atoms. The summed E-state index contributed by atoms with van der Waals surface area (Å²) < 4.78 is 5.07. The van der Waals surface area contributed by atoms with Gasteiger partial charge in [-0.25, -0.2) is 0 Å². The minimum atomic E-state index is 0.240. The van der Waals surface area contributed by atoms with Crippen LogP contribution in [-0.4, -0.2) is 12.2 Å². The average Bonchev–Trinajstić information content (AvgIpc) is 2.29. The van der Waals surface area contributed by atoms with Crippen LogP contribution in [0.3, 0.4) is 0 Å². The third-order valence-corrected chi connectivity index (χ3v) is 2.66. The summed E-state index contributed by atoms with van der Waals surface area (Å²) in [6.07, 6.45) is 0. The molecule has 0 atom stereocenters. The van der Waals surface area contributed by atoms with Gasteiger partial charge in [0.2, 0.25) is 0 Å². The van der Waals surface area contributed by atoms with Crippen molar-refractivity contribution < 1.29 is 9.84 Å². The van der Waals surface area contributed by atoms with E-state index in [0.717, 1.165) is 11.1 Å². The third-order valence-electron chi connectivity index (χ3n) is 2.37. The first-order valence-corrected chi connectivity index (χ1v) is 5.22. The van der Waals surface area contributed by atoms with E-state index in [1.165, 1.54) is 0 Å². The lowest BCUT2D eigenvalue weighted by molar-refractivity contribution is 0.415. The molecule has 2 nitrogen and oxygen atoms in total. The van der Waals surface area contributed by atoms with Crippen LogP contribution in [0.1, 0.15) is 0 Å². The second kappa shape index (κ2) is 4.45. The van der Waals surface area contributed by atoms with Crippen molar-refractivity contribution in [1.82, 2.24) is 0 Å². The fraction of sp³-hybridized carbons (Fsp3) is 0.0769. The van der Waals surface area contributed by atoms with E-state index in [1.807, 2.05) is 18.2 Å². The van der Waals surface area contributed by atoms with E-state index >= 15 is 0 Å². The Hall–Kier alpha value is -1.67. The summed E-state index contributed by atoms with van der Waals surface area (Å²) in [5.41, 5.74) is 1.62. The highest BCUT2D eigenvalue weighted by atomic mass is 35.5. The summed E-state index contributed by atoms with van der Waals surface area (Å²) in [6, 6.07) is 12.6. The molecule has 1 N–H and O–H groups in total. The van der Waals surface area contributed by atoms with E-state index < -0.39 is 0 Å². The maximum absolute atomic E-state index is 9.71. The lowest BCUT2D eigenvalue weighted by Crippen LogP contribution is -1.85. The van der Waals surface area contributed by atoms with Crippen LogP contribution in [0, 0.1) is 0 Å². The number of phenolic OH excluding ortho intramolecular Hbond substituents is 1. The van der Waals surface area contributed by atoms with Crippen LogP contribution in [0.5, 0.6) is 11.5 Å². The lowest BCUT2D eigenvalue weighted by atomic mass is 10.0. The van der Waals surface area contributed by atoms with Crippen LogP contribution in [-0.2, 0) is 0 Å². The zero-order valence-corrected chi connectivity index (χ0v) is 9.53. The van der Waals surface area contributed by atoms with Gasteiger partial charge >= 0.3 is 0 Å². The van der Waals surface area contributed by atoms with Gasteiger partial charge in [-0.2, -0.15) is 0 Å². The minimum Gasteiger partial charge on any atom is -0.507 e. The minimum absolute atomic E-state index is 0.240. The van der Waals surface area contributed by atoms with Gasteiger partial charge in [0.25, 0.3) is 0 Å². The molecule has 3 heteroatoms. The van der Waals surface area contributed by atoms with Crippen LogP contribution in [0.15, 0.2) is 42.5 Å². The van der Waals surface area contributed by atoms with Crippen molar-refractivity contribution in [1.29, 1.82) is 0 Å². The first kappa shape index (κ1) is 10.8. The highest BCUT2D eigenvalue weighted by Crippen LogP contribution is 2.33. The fourth-order valence-electron chi connectivity index (χ4n) is 1.55. The second-order valence-electron chi connectivity index (χ2n) is 3.37. The molecule has 82 valence electrons. The van der Waals surface area contributed by atoms with Gasteiger partial charge in [-0.05, 0) is 23.8 Å². The highest BCUT2D eigenvalue weighted by molar-refractivity contribution is 6.32. The number of methoxy groups -OCH3 is 1. The van der Waals surface area contributed by atoms with Crippen LogP contribution >= 0.6 is 11.6 Å². The summed E-state index contributed by atoms with van der Waals surface area (Å²) >= 11 is 6.03. The van der Waals surface area contributed by atoms with Crippen LogP contribution < -0.4 is 4.74 Å². The van der Waals surface area contributed by atoms with Crippen molar-refractivity contribution >= 4 is 11.6 Å². The average molecular weight is 235 g/mol. The number of hydrogen-bond acceptors (Lipinski definition) is 2. The van der Waals surface area contributed by atoms with Crippen LogP contribution in [0.4, 0.5) is 0 Å². The number of para-hydroxylation sites is 1. The topological polar surface area (TPSA) is 29.5 Å². The van der Waals surface area contributed by atoms with Crippen molar-refractivity contribution in [3.05, 3.63) is 47.5 Å². The quantitative estimate of drug-likeness (QED) is 0.858. The van der Waals surface area contributed by atoms with Crippen LogP contribution in [0.25, 0.3) is 11.1 Å². The van der Waals surface area contributed by atoms with E-state index in [9.17, 15) is 5.11 Å². The maximum Gasteiger partial charge on any atom is 0.137 e. The first-order chi connectivity index (χ1) is 7.72. The summed E-state index contributed by atoms with van der Waals surface area (Å²) in [4.78, 5) is 0. The van der Waals surface area contributed by atoms with E-state index in [1.54, 1.807) is 31.4 Å². The van der Waals surface area contributed by atoms with Crippen molar-refractivity contribution in [2.24, 2.45) is 0 Å². The molecule has 2 aromatic rings. The molecule has 16 heavy (non-hydrogen) atoms. The zero-order chi connectivity index (χ0) is 11.5. The third kappa shape index (κ3) is 1.97. The van der Waals surface area contributed by atoms with Crippen molar-refractivity contribution in [2.45, 2.75) is 0 Å². The molecular weight excluding hydrogens is 224 g/mol. The molecule has 0 aliphatic rings. The predicted octanol–water partition coefficient (Wildman–Crippen LogP) is 3.72. The van der Waals surface area contributed by atoms with Gasteiger partial charge in [-0.15, -0.1) is 0 Å². The summed E-state index contributed by atoms with van der Waals surface area (Å²) in [5, 5.41) is 10.2. The summed E-state index contributed by atoms with van der Waals surface area (Å²) in [5.74, 6) is 0.865. The Morgan fingerprint density at radius 3 is 2.50 bits per heavy atom. The largest absolute Gasteiger partial charge is 0.507 e. The van der Waals surface area contributed by atoms with Crippen molar-refractivity contribution in [2.75, 3.05) is 7.11 Å². The molecular formula is C13H11ClO2. The van der Waals surface area contributed by atoms with Gasteiger partial charge in [-0.1, -0.05) is 35.9 Å². The van der Waals surface area contributed by atoms with Gasteiger partial charge < -0.3 is 9.84 Å². The Morgan fingerprint density at radius 1 is 1.12 bits per heavy atom. The van der Waals surface area contributed by atoms with E-state index in [-0.39, 0.29) is 5.75 Å². The Balaban J connectivity index is 2.50. The van der Waals surface area contributed by atoms with Crippen LogP contribution in [0.2, 0.25) is 5.02 Å². The van der Waals surface area contributed by atoms with Crippen molar-refractivity contribution in [3.63, 3.8) is 0 Å². The van der Waals surface area contributed by atoms with Gasteiger partial charge in [-0.3, -0.25) is 0 Å². The molecule has 0 aromatic heterocycles. The number of rotatable bonds is 2. The molecule has 0 aliphatic heterocycles. The monoisotopic (exact) mass is 234 g/mol. The summed E-state index contributed by atoms with van der Waals surface area (Å²) in [6.45, 7) is 0. The number of ether oxygens (including phenoxy) is 1. The van der Waals surface area contributed by atoms with E-state index in [0.29, 0.717) is 10.8 Å². The molecule has 0 saturated heterocycles. The van der Waals surface area contributed by atoms with E-state index in [2.05, 4.69) is 0 Å². The van der Waals surface area contributed by atoms with Crippen molar-refractivity contribution in [3.8, 4) is 22.6 Å². The number of aromatic hydroxyl groups is 1. The van der Waals surface area contributed by atoms with Gasteiger partial charge in [0.15, 0.2) is 0 Å². The molecule has 0 heterocycles. The fourth-order valence-corrected chi connectivity index (χ4v) is 1.81. The molecule has 0 radical (unpaired) electrons. The number of phenols is 1. The van der Waals surface area contributed by atoms with Gasteiger partial charge in [0.1, 0.15) is 11.5 Å². The molecule has 0 fully saturated rings. The highest BCUT2D eigenvalue weighted by Gasteiger charge is 2.06. The normalized spacial score (nSPS) is 10.1. The molecule has 2 rings (SSSR count). The number of halogens is 1. The van der Waals surface area contributed by atoms with Gasteiger partial charge in [0.05, 0.1) is 12.1 Å². The zero-order valence-electron chi connectivity index (χ0n) is 8.77.